The van der Waals surface area contributed by atoms with Gasteiger partial charge in [0.05, 0.1) is 0 Å². The highest BCUT2D eigenvalue weighted by atomic mass is 35.5. The van der Waals surface area contributed by atoms with Crippen LogP contribution in [0, 0.1) is 6.92 Å². The smallest absolute Gasteiger partial charge is 0.221 e. The van der Waals surface area contributed by atoms with Crippen LogP contribution in [0.5, 0.6) is 5.75 Å². The zero-order valence-electron chi connectivity index (χ0n) is 15.2. The highest BCUT2D eigenvalue weighted by molar-refractivity contribution is 6.31. The standard InChI is InChI=1S/C23H22ClNO2/c1-16-11-12-22(26)20(13-16)19(17-7-3-2-4-8-17)14-23(27)25-15-18-9-5-6-10-21(18)24/h2-13,19,26H,14-15H2,1H3,(H,25,27)/t19-/m0/s1. The van der Waals surface area contributed by atoms with Crippen molar-refractivity contribution in [2.24, 2.45) is 0 Å². The predicted octanol–water partition coefficient (Wildman–Crippen LogP) is 5.19. The summed E-state index contributed by atoms with van der Waals surface area (Å²) in [4.78, 5) is 12.6. The van der Waals surface area contributed by atoms with Crippen LogP contribution in [0.4, 0.5) is 0 Å². The zero-order chi connectivity index (χ0) is 19.2. The average Bonchev–Trinajstić information content (AvgIpc) is 2.68. The fourth-order valence-electron chi connectivity index (χ4n) is 3.14. The van der Waals surface area contributed by atoms with Gasteiger partial charge in [-0.25, -0.2) is 0 Å². The maximum atomic E-state index is 12.6. The normalized spacial score (nSPS) is 11.8. The molecule has 0 aliphatic heterocycles. The van der Waals surface area contributed by atoms with Gasteiger partial charge in [0.1, 0.15) is 5.75 Å². The lowest BCUT2D eigenvalue weighted by Gasteiger charge is -2.19. The number of phenols is 1. The van der Waals surface area contributed by atoms with Crippen LogP contribution in [0.3, 0.4) is 0 Å². The number of hydrogen-bond donors (Lipinski definition) is 2. The molecule has 1 amide bonds. The van der Waals surface area contributed by atoms with Crippen molar-refractivity contribution in [2.75, 3.05) is 0 Å². The second-order valence-corrected chi connectivity index (χ2v) is 7.01. The summed E-state index contributed by atoms with van der Waals surface area (Å²) >= 11 is 6.16. The molecule has 2 N–H and O–H groups in total. The maximum Gasteiger partial charge on any atom is 0.221 e. The van der Waals surface area contributed by atoms with E-state index in [2.05, 4.69) is 5.32 Å². The molecule has 1 atom stereocenters. The molecular weight excluding hydrogens is 358 g/mol. The Hall–Kier alpha value is -2.78. The summed E-state index contributed by atoms with van der Waals surface area (Å²) < 4.78 is 0. The van der Waals surface area contributed by atoms with Gasteiger partial charge in [0.15, 0.2) is 0 Å². The molecule has 0 radical (unpaired) electrons. The molecule has 0 heterocycles. The van der Waals surface area contributed by atoms with Crippen LogP contribution < -0.4 is 5.32 Å². The Morgan fingerprint density at radius 2 is 1.74 bits per heavy atom. The van der Waals surface area contributed by atoms with Crippen LogP contribution in [-0.4, -0.2) is 11.0 Å². The van der Waals surface area contributed by atoms with E-state index in [0.29, 0.717) is 11.6 Å². The van der Waals surface area contributed by atoms with Crippen molar-refractivity contribution in [3.8, 4) is 5.75 Å². The Balaban J connectivity index is 1.80. The maximum absolute atomic E-state index is 12.6. The van der Waals surface area contributed by atoms with Crippen molar-refractivity contribution in [3.05, 3.63) is 100 Å². The Kier molecular flexibility index (Phi) is 6.15. The van der Waals surface area contributed by atoms with Crippen molar-refractivity contribution in [1.29, 1.82) is 0 Å². The van der Waals surface area contributed by atoms with E-state index in [1.54, 1.807) is 12.1 Å². The molecule has 3 aromatic rings. The number of aryl methyl sites for hydroxylation is 1. The fourth-order valence-corrected chi connectivity index (χ4v) is 3.34. The lowest BCUT2D eigenvalue weighted by atomic mass is 9.87. The SMILES string of the molecule is Cc1ccc(O)c([C@@H](CC(=O)NCc2ccccc2Cl)c2ccccc2)c1. The number of aromatic hydroxyl groups is 1. The number of amides is 1. The molecule has 0 saturated heterocycles. The third-order valence-corrected chi connectivity index (χ3v) is 4.95. The fraction of sp³-hybridized carbons (Fsp3) is 0.174. The van der Waals surface area contributed by atoms with E-state index in [4.69, 9.17) is 11.6 Å². The minimum absolute atomic E-state index is 0.0929. The van der Waals surface area contributed by atoms with Gasteiger partial charge in [-0.3, -0.25) is 4.79 Å². The summed E-state index contributed by atoms with van der Waals surface area (Å²) in [5.41, 5.74) is 3.67. The highest BCUT2D eigenvalue weighted by Crippen LogP contribution is 2.34. The summed E-state index contributed by atoms with van der Waals surface area (Å²) in [5.74, 6) is -0.115. The van der Waals surface area contributed by atoms with Crippen molar-refractivity contribution < 1.29 is 9.90 Å². The Morgan fingerprint density at radius 1 is 1.04 bits per heavy atom. The van der Waals surface area contributed by atoms with Crippen molar-refractivity contribution in [3.63, 3.8) is 0 Å². The molecule has 138 valence electrons. The molecule has 0 aliphatic rings. The van der Waals surface area contributed by atoms with Gasteiger partial charge in [0, 0.05) is 29.5 Å². The zero-order valence-corrected chi connectivity index (χ0v) is 15.9. The minimum atomic E-state index is -0.225. The van der Waals surface area contributed by atoms with E-state index in [1.165, 1.54) is 0 Å². The molecule has 4 heteroatoms. The summed E-state index contributed by atoms with van der Waals surface area (Å²) in [7, 11) is 0. The molecule has 0 unspecified atom stereocenters. The first-order valence-electron chi connectivity index (χ1n) is 8.89. The molecule has 0 bridgehead atoms. The third kappa shape index (κ3) is 4.89. The molecule has 3 aromatic carbocycles. The largest absolute Gasteiger partial charge is 0.508 e. The van der Waals surface area contributed by atoms with Gasteiger partial charge in [0.25, 0.3) is 0 Å². The van der Waals surface area contributed by atoms with Crippen LogP contribution in [0.15, 0.2) is 72.8 Å². The summed E-state index contributed by atoms with van der Waals surface area (Å²) in [6.45, 7) is 2.35. The van der Waals surface area contributed by atoms with Gasteiger partial charge in [-0.1, -0.05) is 77.8 Å². The Bertz CT molecular complexity index is 925. The van der Waals surface area contributed by atoms with E-state index in [9.17, 15) is 9.90 Å². The molecule has 3 rings (SSSR count). The Morgan fingerprint density at radius 3 is 2.48 bits per heavy atom. The number of halogens is 1. The predicted molar refractivity (Wildman–Crippen MR) is 109 cm³/mol. The number of carbonyl (C=O) groups is 1. The number of benzene rings is 3. The molecule has 0 spiro atoms. The lowest BCUT2D eigenvalue weighted by Crippen LogP contribution is -2.25. The summed E-state index contributed by atoms with van der Waals surface area (Å²) in [5, 5.41) is 13.9. The average molecular weight is 380 g/mol. The molecule has 27 heavy (non-hydrogen) atoms. The summed E-state index contributed by atoms with van der Waals surface area (Å²) in [6, 6.07) is 22.7. The molecule has 0 aromatic heterocycles. The van der Waals surface area contributed by atoms with Gasteiger partial charge < -0.3 is 10.4 Å². The van der Waals surface area contributed by atoms with E-state index in [1.807, 2.05) is 67.6 Å². The van der Waals surface area contributed by atoms with Crippen LogP contribution in [0.25, 0.3) is 0 Å². The number of hydrogen-bond acceptors (Lipinski definition) is 2. The van der Waals surface area contributed by atoms with Crippen molar-refractivity contribution in [2.45, 2.75) is 25.8 Å². The van der Waals surface area contributed by atoms with Crippen LogP contribution in [0.1, 0.15) is 34.6 Å². The lowest BCUT2D eigenvalue weighted by molar-refractivity contribution is -0.121. The van der Waals surface area contributed by atoms with Crippen LogP contribution >= 0.6 is 11.6 Å². The van der Waals surface area contributed by atoms with Gasteiger partial charge in [0.2, 0.25) is 5.91 Å². The van der Waals surface area contributed by atoms with Gasteiger partial charge in [-0.05, 0) is 30.2 Å². The number of phenolic OH excluding ortho intramolecular Hbond substituents is 1. The third-order valence-electron chi connectivity index (χ3n) is 4.58. The van der Waals surface area contributed by atoms with Gasteiger partial charge in [-0.2, -0.15) is 0 Å². The highest BCUT2D eigenvalue weighted by Gasteiger charge is 2.21. The first-order valence-corrected chi connectivity index (χ1v) is 9.27. The first-order chi connectivity index (χ1) is 13.0. The van der Waals surface area contributed by atoms with E-state index in [0.717, 1.165) is 22.3 Å². The van der Waals surface area contributed by atoms with Crippen LogP contribution in [-0.2, 0) is 11.3 Å². The van der Waals surface area contributed by atoms with Crippen LogP contribution in [0.2, 0.25) is 5.02 Å². The van der Waals surface area contributed by atoms with Gasteiger partial charge >= 0.3 is 0 Å². The first kappa shape index (κ1) is 19.0. The molecule has 3 nitrogen and oxygen atoms in total. The Labute approximate surface area is 164 Å². The molecule has 0 saturated carbocycles. The second kappa shape index (κ2) is 8.74. The molecular formula is C23H22ClNO2. The number of rotatable bonds is 6. The number of nitrogens with one attached hydrogen (secondary N) is 1. The number of carbonyl (C=O) groups excluding carboxylic acids is 1. The summed E-state index contributed by atoms with van der Waals surface area (Å²) in [6.07, 6.45) is 0.242. The van der Waals surface area contributed by atoms with Crippen molar-refractivity contribution in [1.82, 2.24) is 5.32 Å². The second-order valence-electron chi connectivity index (χ2n) is 6.60. The van der Waals surface area contributed by atoms with Crippen molar-refractivity contribution >= 4 is 17.5 Å². The van der Waals surface area contributed by atoms with E-state index in [-0.39, 0.29) is 24.0 Å². The quantitative estimate of drug-likeness (QED) is 0.619. The van der Waals surface area contributed by atoms with Gasteiger partial charge in [-0.15, -0.1) is 0 Å². The monoisotopic (exact) mass is 379 g/mol. The minimum Gasteiger partial charge on any atom is -0.508 e. The molecule has 0 aliphatic carbocycles. The van der Waals surface area contributed by atoms with E-state index < -0.39 is 0 Å². The topological polar surface area (TPSA) is 49.3 Å². The van der Waals surface area contributed by atoms with E-state index >= 15 is 0 Å². The molecule has 0 fully saturated rings.